The zero-order valence-electron chi connectivity index (χ0n) is 16.6. The fourth-order valence-electron chi connectivity index (χ4n) is 3.71. The van der Waals surface area contributed by atoms with Gasteiger partial charge in [0.15, 0.2) is 0 Å². The molecule has 3 aromatic rings. The number of methoxy groups -OCH3 is 1. The highest BCUT2D eigenvalue weighted by Gasteiger charge is 2.24. The van der Waals surface area contributed by atoms with E-state index in [4.69, 9.17) is 4.74 Å². The molecule has 0 saturated heterocycles. The SMILES string of the molecule is COC(=O)c1sc2nc(C)nc(NCC(=O)N3CCCc4ccccc43)c2c1C. The number of rotatable bonds is 4. The molecule has 2 aromatic heterocycles. The third-order valence-corrected chi connectivity index (χ3v) is 6.26. The van der Waals surface area contributed by atoms with E-state index in [0.29, 0.717) is 27.9 Å². The van der Waals surface area contributed by atoms with E-state index in [-0.39, 0.29) is 12.5 Å². The minimum Gasteiger partial charge on any atom is -0.465 e. The summed E-state index contributed by atoms with van der Waals surface area (Å²) in [6.45, 7) is 4.46. The van der Waals surface area contributed by atoms with Crippen LogP contribution in [-0.2, 0) is 16.0 Å². The van der Waals surface area contributed by atoms with E-state index in [1.54, 1.807) is 6.92 Å². The van der Waals surface area contributed by atoms with Crippen molar-refractivity contribution < 1.29 is 14.3 Å². The van der Waals surface area contributed by atoms with E-state index < -0.39 is 5.97 Å². The van der Waals surface area contributed by atoms with Crippen LogP contribution in [0.4, 0.5) is 11.5 Å². The van der Waals surface area contributed by atoms with Gasteiger partial charge >= 0.3 is 5.97 Å². The summed E-state index contributed by atoms with van der Waals surface area (Å²) in [5.74, 6) is 0.737. The molecule has 0 bridgehead atoms. The maximum atomic E-state index is 12.9. The van der Waals surface area contributed by atoms with E-state index in [0.717, 1.165) is 29.5 Å². The van der Waals surface area contributed by atoms with Crippen LogP contribution in [-0.4, -0.2) is 42.0 Å². The molecule has 8 heteroatoms. The van der Waals surface area contributed by atoms with Crippen LogP contribution in [0.15, 0.2) is 24.3 Å². The van der Waals surface area contributed by atoms with Gasteiger partial charge in [-0.1, -0.05) is 18.2 Å². The number of nitrogens with one attached hydrogen (secondary N) is 1. The number of hydrogen-bond donors (Lipinski definition) is 1. The van der Waals surface area contributed by atoms with Gasteiger partial charge in [-0.3, -0.25) is 4.79 Å². The van der Waals surface area contributed by atoms with Gasteiger partial charge in [-0.2, -0.15) is 0 Å². The Labute approximate surface area is 172 Å². The highest BCUT2D eigenvalue weighted by molar-refractivity contribution is 7.20. The summed E-state index contributed by atoms with van der Waals surface area (Å²) in [5, 5.41) is 3.94. The zero-order valence-corrected chi connectivity index (χ0v) is 17.4. The summed E-state index contributed by atoms with van der Waals surface area (Å²) < 4.78 is 4.87. The number of carbonyl (C=O) groups is 2. The fourth-order valence-corrected chi connectivity index (χ4v) is 4.85. The van der Waals surface area contributed by atoms with Crippen LogP contribution >= 0.6 is 11.3 Å². The molecule has 1 aromatic carbocycles. The number of aromatic nitrogens is 2. The molecular weight excluding hydrogens is 388 g/mol. The number of anilines is 2. The van der Waals surface area contributed by atoms with Gasteiger partial charge in [0.1, 0.15) is 21.3 Å². The van der Waals surface area contributed by atoms with Crippen LogP contribution in [0.25, 0.3) is 10.2 Å². The molecule has 7 nitrogen and oxygen atoms in total. The molecule has 1 aliphatic heterocycles. The first-order chi connectivity index (χ1) is 14.0. The van der Waals surface area contributed by atoms with Gasteiger partial charge in [-0.15, -0.1) is 11.3 Å². The lowest BCUT2D eigenvalue weighted by molar-refractivity contribution is -0.117. The van der Waals surface area contributed by atoms with Gasteiger partial charge in [-0.25, -0.2) is 14.8 Å². The van der Waals surface area contributed by atoms with E-state index in [2.05, 4.69) is 21.4 Å². The standard InChI is InChI=1S/C21H22N4O3S/c1-12-17-19(23-13(2)24-20(17)29-18(12)21(27)28-3)22-11-16(26)25-10-6-8-14-7-4-5-9-15(14)25/h4-5,7,9H,6,8,10-11H2,1-3H3,(H,22,23,24). The Morgan fingerprint density at radius 2 is 2.03 bits per heavy atom. The maximum Gasteiger partial charge on any atom is 0.348 e. The average Bonchev–Trinajstić information content (AvgIpc) is 3.07. The number of aryl methyl sites for hydroxylation is 3. The monoisotopic (exact) mass is 410 g/mol. The van der Waals surface area contributed by atoms with Gasteiger partial charge in [0.05, 0.1) is 19.0 Å². The number of para-hydroxylation sites is 1. The van der Waals surface area contributed by atoms with Gasteiger partial charge in [0.2, 0.25) is 5.91 Å². The largest absolute Gasteiger partial charge is 0.465 e. The third-order valence-electron chi connectivity index (χ3n) is 5.09. The summed E-state index contributed by atoms with van der Waals surface area (Å²) in [6.07, 6.45) is 1.94. The van der Waals surface area contributed by atoms with Crippen molar-refractivity contribution in [1.29, 1.82) is 0 Å². The Balaban J connectivity index is 1.61. The smallest absolute Gasteiger partial charge is 0.348 e. The Hall–Kier alpha value is -3.00. The molecular formula is C21H22N4O3S. The highest BCUT2D eigenvalue weighted by Crippen LogP contribution is 2.34. The number of ether oxygens (including phenoxy) is 1. The number of carbonyl (C=O) groups excluding carboxylic acids is 2. The Bertz CT molecular complexity index is 1110. The second-order valence-electron chi connectivity index (χ2n) is 6.98. The number of esters is 1. The summed E-state index contributed by atoms with van der Waals surface area (Å²) in [4.78, 5) is 37.0. The van der Waals surface area contributed by atoms with Crippen LogP contribution in [0.1, 0.15) is 33.0 Å². The molecule has 3 heterocycles. The van der Waals surface area contributed by atoms with Gasteiger partial charge in [0, 0.05) is 12.2 Å². The molecule has 0 unspecified atom stereocenters. The number of amides is 1. The number of nitrogens with zero attached hydrogens (tertiary/aromatic N) is 3. The molecule has 29 heavy (non-hydrogen) atoms. The van der Waals surface area contributed by atoms with Gasteiger partial charge in [0.25, 0.3) is 0 Å². The molecule has 0 saturated carbocycles. The minimum absolute atomic E-state index is 0.0114. The molecule has 1 amide bonds. The molecule has 0 fully saturated rings. The highest BCUT2D eigenvalue weighted by atomic mass is 32.1. The van der Waals surface area contributed by atoms with Crippen LogP contribution < -0.4 is 10.2 Å². The lowest BCUT2D eigenvalue weighted by Crippen LogP contribution is -2.39. The maximum absolute atomic E-state index is 12.9. The van der Waals surface area contributed by atoms with Crippen LogP contribution in [0.5, 0.6) is 0 Å². The molecule has 0 radical (unpaired) electrons. The normalized spacial score (nSPS) is 13.3. The van der Waals surface area contributed by atoms with Crippen LogP contribution in [0.2, 0.25) is 0 Å². The van der Waals surface area contributed by atoms with Gasteiger partial charge < -0.3 is 15.0 Å². The number of benzene rings is 1. The zero-order chi connectivity index (χ0) is 20.5. The lowest BCUT2D eigenvalue weighted by Gasteiger charge is -2.29. The number of fused-ring (bicyclic) bond motifs is 2. The first-order valence-electron chi connectivity index (χ1n) is 9.47. The first-order valence-corrected chi connectivity index (χ1v) is 10.3. The molecule has 0 aliphatic carbocycles. The Morgan fingerprint density at radius 1 is 1.24 bits per heavy atom. The van der Waals surface area contributed by atoms with Crippen molar-refractivity contribution in [2.45, 2.75) is 26.7 Å². The van der Waals surface area contributed by atoms with Crippen molar-refractivity contribution in [3.05, 3.63) is 46.1 Å². The average molecular weight is 410 g/mol. The van der Waals surface area contributed by atoms with Crippen molar-refractivity contribution >= 4 is 44.9 Å². The summed E-state index contributed by atoms with van der Waals surface area (Å²) in [6, 6.07) is 8.02. The molecule has 150 valence electrons. The van der Waals surface area contributed by atoms with Crippen molar-refractivity contribution in [3.63, 3.8) is 0 Å². The summed E-state index contributed by atoms with van der Waals surface area (Å²) in [5.41, 5.74) is 2.94. The Kier molecular flexibility index (Phi) is 5.19. The second-order valence-corrected chi connectivity index (χ2v) is 7.98. The van der Waals surface area contributed by atoms with E-state index in [9.17, 15) is 9.59 Å². The summed E-state index contributed by atoms with van der Waals surface area (Å²) >= 11 is 1.28. The topological polar surface area (TPSA) is 84.4 Å². The predicted molar refractivity (Wildman–Crippen MR) is 114 cm³/mol. The lowest BCUT2D eigenvalue weighted by atomic mass is 10.0. The molecule has 1 aliphatic rings. The molecule has 0 spiro atoms. The fraction of sp³-hybridized carbons (Fsp3) is 0.333. The Morgan fingerprint density at radius 3 is 2.83 bits per heavy atom. The van der Waals surface area contributed by atoms with Gasteiger partial charge in [-0.05, 0) is 43.9 Å². The third kappa shape index (κ3) is 3.55. The minimum atomic E-state index is -0.393. The van der Waals surface area contributed by atoms with E-state index >= 15 is 0 Å². The van der Waals surface area contributed by atoms with Crippen LogP contribution in [0, 0.1) is 13.8 Å². The van der Waals surface area contributed by atoms with Crippen LogP contribution in [0.3, 0.4) is 0 Å². The molecule has 4 rings (SSSR count). The second kappa shape index (κ2) is 7.79. The number of hydrogen-bond acceptors (Lipinski definition) is 7. The van der Waals surface area contributed by atoms with E-state index in [1.807, 2.05) is 30.0 Å². The van der Waals surface area contributed by atoms with Crippen molar-refractivity contribution in [2.24, 2.45) is 0 Å². The van der Waals surface area contributed by atoms with Crippen molar-refractivity contribution in [1.82, 2.24) is 9.97 Å². The predicted octanol–water partition coefficient (Wildman–Crippen LogP) is 3.49. The molecule has 0 atom stereocenters. The number of thiophene rings is 1. The van der Waals surface area contributed by atoms with Crippen molar-refractivity contribution in [2.75, 3.05) is 30.4 Å². The quantitative estimate of drug-likeness (QED) is 0.663. The van der Waals surface area contributed by atoms with E-state index in [1.165, 1.54) is 24.0 Å². The van der Waals surface area contributed by atoms with Crippen molar-refractivity contribution in [3.8, 4) is 0 Å². The summed E-state index contributed by atoms with van der Waals surface area (Å²) in [7, 11) is 1.36. The first kappa shape index (κ1) is 19.3. The molecule has 1 N–H and O–H groups in total.